The minimum Gasteiger partial charge on any atom is -0.480 e. The van der Waals surface area contributed by atoms with E-state index in [4.69, 9.17) is 5.73 Å². The SMILES string of the molecule is CCC(C)C(N)C(=O)NC(C(=O)NC(C)C(=O)NC(CCSC)C(=O)O)C(C)C. The number of rotatable bonds is 13. The van der Waals surface area contributed by atoms with Crippen LogP contribution in [0.15, 0.2) is 0 Å². The standard InChI is InChI=1S/C19H36N4O5S/c1-7-11(4)14(20)17(25)23-15(10(2)3)18(26)21-12(5)16(24)22-13(19(27)28)8-9-29-6/h10-15H,7-9,20H2,1-6H3,(H,21,26)(H,22,24)(H,23,25)(H,27,28). The normalized spacial score (nSPS) is 16.3. The third-order valence-corrected chi connectivity index (χ3v) is 5.43. The minimum atomic E-state index is -1.13. The summed E-state index contributed by atoms with van der Waals surface area (Å²) in [7, 11) is 0. The average Bonchev–Trinajstić information content (AvgIpc) is 2.66. The zero-order valence-corrected chi connectivity index (χ0v) is 19.0. The Hall–Kier alpha value is -1.81. The maximum atomic E-state index is 12.6. The number of carbonyl (C=O) groups is 4. The molecule has 0 aliphatic carbocycles. The molecule has 0 aromatic heterocycles. The Kier molecular flexibility index (Phi) is 12.6. The second kappa shape index (κ2) is 13.4. The predicted molar refractivity (Wildman–Crippen MR) is 114 cm³/mol. The van der Waals surface area contributed by atoms with Crippen LogP contribution in [0.1, 0.15) is 47.5 Å². The summed E-state index contributed by atoms with van der Waals surface area (Å²) in [5.41, 5.74) is 5.93. The fourth-order valence-electron chi connectivity index (χ4n) is 2.46. The molecule has 29 heavy (non-hydrogen) atoms. The first-order valence-corrected chi connectivity index (χ1v) is 11.2. The monoisotopic (exact) mass is 432 g/mol. The lowest BCUT2D eigenvalue weighted by molar-refractivity contribution is -0.142. The molecule has 0 aliphatic rings. The number of nitrogens with two attached hydrogens (primary N) is 1. The number of amides is 3. The zero-order chi connectivity index (χ0) is 22.7. The highest BCUT2D eigenvalue weighted by atomic mass is 32.2. The molecule has 9 nitrogen and oxygen atoms in total. The van der Waals surface area contributed by atoms with Crippen molar-refractivity contribution < 1.29 is 24.3 Å². The molecule has 0 spiro atoms. The third-order valence-electron chi connectivity index (χ3n) is 4.78. The second-order valence-electron chi connectivity index (χ2n) is 7.55. The van der Waals surface area contributed by atoms with Crippen molar-refractivity contribution in [3.8, 4) is 0 Å². The van der Waals surface area contributed by atoms with E-state index in [1.807, 2.05) is 20.1 Å². The largest absolute Gasteiger partial charge is 0.480 e. The van der Waals surface area contributed by atoms with E-state index in [-0.39, 0.29) is 18.3 Å². The quantitative estimate of drug-likeness (QED) is 0.281. The summed E-state index contributed by atoms with van der Waals surface area (Å²) in [6.07, 6.45) is 2.85. The van der Waals surface area contributed by atoms with Gasteiger partial charge in [0.15, 0.2) is 0 Å². The molecule has 168 valence electrons. The number of carboxylic acid groups (broad SMARTS) is 1. The Morgan fingerprint density at radius 3 is 2.00 bits per heavy atom. The summed E-state index contributed by atoms with van der Waals surface area (Å²) in [4.78, 5) is 48.5. The molecule has 0 aliphatic heterocycles. The van der Waals surface area contributed by atoms with Crippen LogP contribution in [0.2, 0.25) is 0 Å². The fraction of sp³-hybridized carbons (Fsp3) is 0.789. The van der Waals surface area contributed by atoms with Crippen molar-refractivity contribution in [2.24, 2.45) is 17.6 Å². The third kappa shape index (κ3) is 9.49. The molecule has 5 atom stereocenters. The highest BCUT2D eigenvalue weighted by Crippen LogP contribution is 2.08. The topological polar surface area (TPSA) is 151 Å². The van der Waals surface area contributed by atoms with Gasteiger partial charge in [-0.15, -0.1) is 0 Å². The van der Waals surface area contributed by atoms with Gasteiger partial charge in [-0.2, -0.15) is 11.8 Å². The summed E-state index contributed by atoms with van der Waals surface area (Å²) < 4.78 is 0. The molecule has 0 aromatic rings. The molecule has 6 N–H and O–H groups in total. The molecule has 0 heterocycles. The van der Waals surface area contributed by atoms with E-state index >= 15 is 0 Å². The van der Waals surface area contributed by atoms with Crippen LogP contribution < -0.4 is 21.7 Å². The van der Waals surface area contributed by atoms with Crippen molar-refractivity contribution in [2.75, 3.05) is 12.0 Å². The summed E-state index contributed by atoms with van der Waals surface area (Å²) in [5.74, 6) is -2.36. The smallest absolute Gasteiger partial charge is 0.326 e. The van der Waals surface area contributed by atoms with Crippen molar-refractivity contribution in [1.82, 2.24) is 16.0 Å². The van der Waals surface area contributed by atoms with Gasteiger partial charge in [0, 0.05) is 0 Å². The van der Waals surface area contributed by atoms with Crippen LogP contribution in [0.4, 0.5) is 0 Å². The average molecular weight is 433 g/mol. The van der Waals surface area contributed by atoms with Crippen LogP contribution >= 0.6 is 11.8 Å². The number of carboxylic acids is 1. The zero-order valence-electron chi connectivity index (χ0n) is 18.2. The van der Waals surface area contributed by atoms with E-state index in [0.29, 0.717) is 5.75 Å². The molecular formula is C19H36N4O5S. The van der Waals surface area contributed by atoms with Crippen molar-refractivity contribution in [3.63, 3.8) is 0 Å². The minimum absolute atomic E-state index is 0.0372. The van der Waals surface area contributed by atoms with Crippen LogP contribution in [0, 0.1) is 11.8 Å². The first-order chi connectivity index (χ1) is 13.5. The van der Waals surface area contributed by atoms with Gasteiger partial charge in [0.2, 0.25) is 17.7 Å². The molecule has 0 aromatic carbocycles. The Morgan fingerprint density at radius 2 is 1.55 bits per heavy atom. The maximum absolute atomic E-state index is 12.6. The highest BCUT2D eigenvalue weighted by Gasteiger charge is 2.30. The Labute approximate surface area is 177 Å². The molecule has 5 unspecified atom stereocenters. The van der Waals surface area contributed by atoms with Gasteiger partial charge in [-0.1, -0.05) is 34.1 Å². The molecule has 0 radical (unpaired) electrons. The molecule has 0 rings (SSSR count). The van der Waals surface area contributed by atoms with Crippen LogP contribution in [0.25, 0.3) is 0 Å². The van der Waals surface area contributed by atoms with Crippen LogP contribution in [-0.4, -0.2) is 65.0 Å². The summed E-state index contributed by atoms with van der Waals surface area (Å²) >= 11 is 1.48. The number of carbonyl (C=O) groups excluding carboxylic acids is 3. The summed E-state index contributed by atoms with van der Waals surface area (Å²) in [6.45, 7) is 8.79. The maximum Gasteiger partial charge on any atom is 0.326 e. The van der Waals surface area contributed by atoms with E-state index in [2.05, 4.69) is 16.0 Å². The van der Waals surface area contributed by atoms with Crippen molar-refractivity contribution in [3.05, 3.63) is 0 Å². The van der Waals surface area contributed by atoms with Crippen LogP contribution in [0.3, 0.4) is 0 Å². The van der Waals surface area contributed by atoms with Crippen molar-refractivity contribution in [2.45, 2.75) is 71.6 Å². The van der Waals surface area contributed by atoms with E-state index in [9.17, 15) is 24.3 Å². The van der Waals surface area contributed by atoms with Crippen LogP contribution in [-0.2, 0) is 19.2 Å². The van der Waals surface area contributed by atoms with Crippen molar-refractivity contribution in [1.29, 1.82) is 0 Å². The lowest BCUT2D eigenvalue weighted by atomic mass is 9.97. The predicted octanol–water partition coefficient (Wildman–Crippen LogP) is 0.328. The first-order valence-electron chi connectivity index (χ1n) is 9.84. The highest BCUT2D eigenvalue weighted by molar-refractivity contribution is 7.98. The Bertz CT molecular complexity index is 573. The number of nitrogens with one attached hydrogen (secondary N) is 3. The van der Waals surface area contributed by atoms with E-state index in [0.717, 1.165) is 6.42 Å². The number of hydrogen-bond donors (Lipinski definition) is 5. The molecule has 0 bridgehead atoms. The van der Waals surface area contributed by atoms with Gasteiger partial charge in [0.1, 0.15) is 18.1 Å². The van der Waals surface area contributed by atoms with E-state index in [1.54, 1.807) is 13.8 Å². The molecule has 0 fully saturated rings. The summed E-state index contributed by atoms with van der Waals surface area (Å²) in [6, 6.07) is -3.58. The van der Waals surface area contributed by atoms with Gasteiger partial charge in [0.25, 0.3) is 0 Å². The molecule has 10 heteroatoms. The van der Waals surface area contributed by atoms with Gasteiger partial charge in [0.05, 0.1) is 6.04 Å². The fourth-order valence-corrected chi connectivity index (χ4v) is 2.93. The van der Waals surface area contributed by atoms with E-state index < -0.39 is 47.9 Å². The van der Waals surface area contributed by atoms with Gasteiger partial charge < -0.3 is 26.8 Å². The molecule has 0 saturated carbocycles. The number of aliphatic carboxylic acids is 1. The Balaban J connectivity index is 4.97. The Morgan fingerprint density at radius 1 is 0.966 bits per heavy atom. The molecule has 0 saturated heterocycles. The lowest BCUT2D eigenvalue weighted by Crippen LogP contribution is -2.58. The van der Waals surface area contributed by atoms with Gasteiger partial charge in [-0.25, -0.2) is 4.79 Å². The molecular weight excluding hydrogens is 396 g/mol. The first kappa shape index (κ1) is 27.2. The molecule has 3 amide bonds. The van der Waals surface area contributed by atoms with Crippen molar-refractivity contribution >= 4 is 35.5 Å². The van der Waals surface area contributed by atoms with Gasteiger partial charge >= 0.3 is 5.97 Å². The van der Waals surface area contributed by atoms with Gasteiger partial charge in [-0.05, 0) is 37.2 Å². The number of thioether (sulfide) groups is 1. The van der Waals surface area contributed by atoms with E-state index in [1.165, 1.54) is 18.7 Å². The second-order valence-corrected chi connectivity index (χ2v) is 8.54. The van der Waals surface area contributed by atoms with Crippen LogP contribution in [0.5, 0.6) is 0 Å². The number of hydrogen-bond acceptors (Lipinski definition) is 6. The summed E-state index contributed by atoms with van der Waals surface area (Å²) in [5, 5.41) is 16.9. The lowest BCUT2D eigenvalue weighted by Gasteiger charge is -2.26. The van der Waals surface area contributed by atoms with Gasteiger partial charge in [-0.3, -0.25) is 14.4 Å².